The summed E-state index contributed by atoms with van der Waals surface area (Å²) >= 11 is 5.94. The van der Waals surface area contributed by atoms with Crippen molar-refractivity contribution in [2.45, 2.75) is 6.61 Å². The zero-order valence-corrected chi connectivity index (χ0v) is 10.6. The zero-order chi connectivity index (χ0) is 13.2. The summed E-state index contributed by atoms with van der Waals surface area (Å²) in [6, 6.07) is 10.1. The Hall–Kier alpha value is -2.27. The Morgan fingerprint density at radius 1 is 1.11 bits per heavy atom. The maximum atomic E-state index is 9.18. The highest BCUT2D eigenvalue weighted by molar-refractivity contribution is 6.30. The highest BCUT2D eigenvalue weighted by Crippen LogP contribution is 2.17. The Balaban J connectivity index is 1.81. The second-order valence-corrected chi connectivity index (χ2v) is 4.41. The van der Waals surface area contributed by atoms with E-state index < -0.39 is 0 Å². The number of phenols is 1. The molecule has 96 valence electrons. The van der Waals surface area contributed by atoms with Gasteiger partial charge in [-0.15, -0.1) is 10.2 Å². The summed E-state index contributed by atoms with van der Waals surface area (Å²) in [5, 5.41) is 17.9. The number of benzene rings is 1. The van der Waals surface area contributed by atoms with Gasteiger partial charge < -0.3 is 9.84 Å². The molecule has 0 aliphatic carbocycles. The topological polar surface area (TPSA) is 59.7 Å². The fraction of sp³-hybridized carbons (Fsp3) is 0.0769. The molecule has 6 heteroatoms. The lowest BCUT2D eigenvalue weighted by molar-refractivity contribution is 0.294. The van der Waals surface area contributed by atoms with Crippen LogP contribution in [0.1, 0.15) is 5.82 Å². The minimum Gasteiger partial charge on any atom is -0.508 e. The fourth-order valence-corrected chi connectivity index (χ4v) is 1.86. The van der Waals surface area contributed by atoms with Crippen LogP contribution in [0.5, 0.6) is 11.5 Å². The zero-order valence-electron chi connectivity index (χ0n) is 9.82. The van der Waals surface area contributed by atoms with E-state index in [2.05, 4.69) is 10.2 Å². The molecule has 2 aromatic heterocycles. The van der Waals surface area contributed by atoms with E-state index in [-0.39, 0.29) is 12.4 Å². The predicted molar refractivity (Wildman–Crippen MR) is 70.4 cm³/mol. The predicted octanol–water partition coefficient (Wildman–Crippen LogP) is 2.67. The molecule has 0 saturated carbocycles. The molecule has 3 rings (SSSR count). The number of aromatic nitrogens is 3. The monoisotopic (exact) mass is 275 g/mol. The van der Waals surface area contributed by atoms with E-state index in [0.717, 1.165) is 0 Å². The van der Waals surface area contributed by atoms with Crippen molar-refractivity contribution < 1.29 is 9.84 Å². The van der Waals surface area contributed by atoms with Crippen molar-refractivity contribution in [2.24, 2.45) is 0 Å². The normalized spacial score (nSPS) is 10.8. The number of pyridine rings is 1. The van der Waals surface area contributed by atoms with Crippen LogP contribution >= 0.6 is 11.6 Å². The van der Waals surface area contributed by atoms with E-state index in [0.29, 0.717) is 22.2 Å². The smallest absolute Gasteiger partial charge is 0.175 e. The summed E-state index contributed by atoms with van der Waals surface area (Å²) < 4.78 is 7.36. The van der Waals surface area contributed by atoms with Gasteiger partial charge in [-0.1, -0.05) is 11.6 Å². The van der Waals surface area contributed by atoms with Crippen molar-refractivity contribution >= 4 is 17.2 Å². The molecule has 0 aliphatic heterocycles. The lowest BCUT2D eigenvalue weighted by Crippen LogP contribution is -2.01. The van der Waals surface area contributed by atoms with Crippen LogP contribution in [0.4, 0.5) is 0 Å². The van der Waals surface area contributed by atoms with E-state index in [1.807, 2.05) is 0 Å². The van der Waals surface area contributed by atoms with Gasteiger partial charge in [-0.2, -0.15) is 0 Å². The molecule has 0 bridgehead atoms. The number of fused-ring (bicyclic) bond motifs is 1. The maximum absolute atomic E-state index is 9.18. The molecule has 1 N–H and O–H groups in total. The summed E-state index contributed by atoms with van der Waals surface area (Å²) in [7, 11) is 0. The van der Waals surface area contributed by atoms with Crippen molar-refractivity contribution in [2.75, 3.05) is 0 Å². The Bertz CT molecular complexity index is 709. The van der Waals surface area contributed by atoms with Crippen molar-refractivity contribution in [3.63, 3.8) is 0 Å². The highest BCUT2D eigenvalue weighted by atomic mass is 35.5. The van der Waals surface area contributed by atoms with Gasteiger partial charge in [-0.05, 0) is 36.4 Å². The number of ether oxygens (including phenoxy) is 1. The maximum Gasteiger partial charge on any atom is 0.175 e. The van der Waals surface area contributed by atoms with E-state index >= 15 is 0 Å². The first-order valence-corrected chi connectivity index (χ1v) is 6.01. The molecule has 0 saturated heterocycles. The first kappa shape index (κ1) is 11.8. The van der Waals surface area contributed by atoms with Crippen molar-refractivity contribution in [1.29, 1.82) is 0 Å². The second-order valence-electron chi connectivity index (χ2n) is 3.97. The van der Waals surface area contributed by atoms with Gasteiger partial charge in [0.05, 0.1) is 5.02 Å². The lowest BCUT2D eigenvalue weighted by atomic mass is 10.3. The third-order valence-corrected chi connectivity index (χ3v) is 2.87. The first-order chi connectivity index (χ1) is 9.22. The summed E-state index contributed by atoms with van der Waals surface area (Å²) in [6.07, 6.45) is 1.74. The van der Waals surface area contributed by atoms with Crippen molar-refractivity contribution in [3.05, 3.63) is 53.4 Å². The molecule has 0 atom stereocenters. The van der Waals surface area contributed by atoms with Gasteiger partial charge in [-0.3, -0.25) is 4.40 Å². The quantitative estimate of drug-likeness (QED) is 0.798. The third kappa shape index (κ3) is 2.46. The molecule has 5 nitrogen and oxygen atoms in total. The van der Waals surface area contributed by atoms with Gasteiger partial charge in [0, 0.05) is 6.20 Å². The molecule has 0 spiro atoms. The molecule has 2 heterocycles. The Morgan fingerprint density at radius 2 is 1.89 bits per heavy atom. The van der Waals surface area contributed by atoms with Gasteiger partial charge >= 0.3 is 0 Å². The number of nitrogens with zero attached hydrogens (tertiary/aromatic N) is 3. The minimum absolute atomic E-state index is 0.201. The van der Waals surface area contributed by atoms with E-state index in [9.17, 15) is 5.11 Å². The number of rotatable bonds is 3. The molecule has 0 unspecified atom stereocenters. The molecule has 19 heavy (non-hydrogen) atoms. The third-order valence-electron chi connectivity index (χ3n) is 2.64. The molecule has 0 aliphatic rings. The highest BCUT2D eigenvalue weighted by Gasteiger charge is 2.06. The first-order valence-electron chi connectivity index (χ1n) is 5.63. The molecule has 1 aromatic carbocycles. The Labute approximate surface area is 114 Å². The van der Waals surface area contributed by atoms with Gasteiger partial charge in [0.1, 0.15) is 18.1 Å². The van der Waals surface area contributed by atoms with Crippen LogP contribution in [-0.2, 0) is 6.61 Å². The fourth-order valence-electron chi connectivity index (χ4n) is 1.70. The van der Waals surface area contributed by atoms with Crippen molar-refractivity contribution in [1.82, 2.24) is 14.6 Å². The summed E-state index contributed by atoms with van der Waals surface area (Å²) in [4.78, 5) is 0. The summed E-state index contributed by atoms with van der Waals surface area (Å²) in [5.74, 6) is 1.51. The van der Waals surface area contributed by atoms with Gasteiger partial charge in [0.25, 0.3) is 0 Å². The second kappa shape index (κ2) is 4.78. The van der Waals surface area contributed by atoms with E-state index in [1.165, 1.54) is 0 Å². The molecule has 0 fully saturated rings. The van der Waals surface area contributed by atoms with Crippen LogP contribution in [0.25, 0.3) is 5.65 Å². The average molecular weight is 276 g/mol. The number of halogens is 1. The Morgan fingerprint density at radius 3 is 2.68 bits per heavy atom. The molecular formula is C13H10ClN3O2. The van der Waals surface area contributed by atoms with Crippen molar-refractivity contribution in [3.8, 4) is 11.5 Å². The number of hydrogen-bond acceptors (Lipinski definition) is 4. The number of phenolic OH excluding ortho intramolecular Hbond substituents is 1. The van der Waals surface area contributed by atoms with Crippen LogP contribution in [-0.4, -0.2) is 19.7 Å². The SMILES string of the molecule is Oc1ccc(OCc2nnc3ccc(Cl)cn23)cc1. The number of aromatic hydroxyl groups is 1. The van der Waals surface area contributed by atoms with E-state index in [4.69, 9.17) is 16.3 Å². The van der Waals surface area contributed by atoms with Gasteiger partial charge in [-0.25, -0.2) is 0 Å². The van der Waals surface area contributed by atoms with Gasteiger partial charge in [0.15, 0.2) is 11.5 Å². The molecule has 0 radical (unpaired) electrons. The standard InChI is InChI=1S/C13H10ClN3O2/c14-9-1-6-12-15-16-13(17(12)7-9)8-19-11-4-2-10(18)3-5-11/h1-7,18H,8H2. The Kier molecular flexibility index (Phi) is 2.97. The van der Waals surface area contributed by atoms with Crippen LogP contribution in [0.15, 0.2) is 42.6 Å². The van der Waals surface area contributed by atoms with Crippen LogP contribution in [0.3, 0.4) is 0 Å². The van der Waals surface area contributed by atoms with Crippen LogP contribution < -0.4 is 4.74 Å². The molecular weight excluding hydrogens is 266 g/mol. The largest absolute Gasteiger partial charge is 0.508 e. The lowest BCUT2D eigenvalue weighted by Gasteiger charge is -2.05. The van der Waals surface area contributed by atoms with E-state index in [1.54, 1.807) is 47.0 Å². The minimum atomic E-state index is 0.201. The number of hydrogen-bond donors (Lipinski definition) is 1. The summed E-state index contributed by atoms with van der Waals surface area (Å²) in [6.45, 7) is 0.270. The van der Waals surface area contributed by atoms with Crippen LogP contribution in [0.2, 0.25) is 5.02 Å². The van der Waals surface area contributed by atoms with Crippen LogP contribution in [0, 0.1) is 0 Å². The average Bonchev–Trinajstić information content (AvgIpc) is 2.80. The van der Waals surface area contributed by atoms with Gasteiger partial charge in [0.2, 0.25) is 0 Å². The summed E-state index contributed by atoms with van der Waals surface area (Å²) in [5.41, 5.74) is 0.716. The molecule has 3 aromatic rings. The molecule has 0 amide bonds.